The fraction of sp³-hybridized carbons (Fsp3) is 0.364. The maximum atomic E-state index is 12.7. The Morgan fingerprint density at radius 2 is 1.79 bits per heavy atom. The molecule has 1 amide bonds. The molecule has 28 heavy (non-hydrogen) atoms. The van der Waals surface area contributed by atoms with Crippen molar-refractivity contribution in [3.05, 3.63) is 59.1 Å². The van der Waals surface area contributed by atoms with E-state index < -0.39 is 0 Å². The van der Waals surface area contributed by atoms with Gasteiger partial charge in [-0.15, -0.1) is 11.3 Å². The predicted molar refractivity (Wildman–Crippen MR) is 117 cm³/mol. The zero-order valence-electron chi connectivity index (χ0n) is 17.3. The van der Waals surface area contributed by atoms with Gasteiger partial charge in [0.25, 0.3) is 5.91 Å². The number of carbonyl (C=O) groups excluding carboxylic acids is 1. The van der Waals surface area contributed by atoms with E-state index in [1.807, 2.05) is 39.3 Å². The normalized spacial score (nSPS) is 13.3. The number of hydrogen-bond donors (Lipinski definition) is 1. The zero-order chi connectivity index (χ0) is 20.3. The van der Waals surface area contributed by atoms with Gasteiger partial charge in [0.05, 0.1) is 17.3 Å². The standard InChI is InChI=1S/C22H28N4OS/c1-16(22-23-19-8-6-7-9-20(19)28-22)25(4)15-21(27)26(5)14-17-10-12-18(13-11-17)24(2)3/h6-13,16H,14-15H2,1-5H3/p+1/t16-/m0/s1. The third-order valence-corrected chi connectivity index (χ3v) is 6.37. The molecule has 5 nitrogen and oxygen atoms in total. The number of amides is 1. The summed E-state index contributed by atoms with van der Waals surface area (Å²) in [6.45, 7) is 3.21. The third kappa shape index (κ3) is 4.69. The average Bonchev–Trinajstić information content (AvgIpc) is 3.11. The molecule has 1 heterocycles. The van der Waals surface area contributed by atoms with E-state index in [1.54, 1.807) is 16.2 Å². The number of hydrogen-bond acceptors (Lipinski definition) is 4. The first kappa shape index (κ1) is 20.3. The number of benzene rings is 2. The van der Waals surface area contributed by atoms with E-state index in [1.165, 1.54) is 4.70 Å². The van der Waals surface area contributed by atoms with E-state index in [-0.39, 0.29) is 11.9 Å². The van der Waals surface area contributed by atoms with E-state index in [0.29, 0.717) is 13.1 Å². The van der Waals surface area contributed by atoms with Crippen LogP contribution >= 0.6 is 11.3 Å². The Morgan fingerprint density at radius 1 is 1.11 bits per heavy atom. The van der Waals surface area contributed by atoms with Crippen molar-refractivity contribution in [1.82, 2.24) is 9.88 Å². The fourth-order valence-corrected chi connectivity index (χ4v) is 4.19. The number of anilines is 1. The molecular weight excluding hydrogens is 368 g/mol. The third-order valence-electron chi connectivity index (χ3n) is 5.15. The first-order valence-corrected chi connectivity index (χ1v) is 10.3. The number of aromatic nitrogens is 1. The Labute approximate surface area is 171 Å². The number of nitrogens with zero attached hydrogens (tertiary/aromatic N) is 3. The number of para-hydroxylation sites is 1. The molecule has 0 radical (unpaired) electrons. The molecule has 2 atom stereocenters. The summed E-state index contributed by atoms with van der Waals surface area (Å²) in [7, 11) is 7.98. The number of quaternary nitrogens is 1. The van der Waals surface area contributed by atoms with E-state index >= 15 is 0 Å². The van der Waals surface area contributed by atoms with Crippen molar-refractivity contribution in [1.29, 1.82) is 0 Å². The Balaban J connectivity index is 1.59. The van der Waals surface area contributed by atoms with Crippen LogP contribution in [0.2, 0.25) is 0 Å². The molecule has 2 aromatic carbocycles. The summed E-state index contributed by atoms with van der Waals surface area (Å²) in [6, 6.07) is 16.7. The monoisotopic (exact) mass is 397 g/mol. The number of fused-ring (bicyclic) bond motifs is 1. The van der Waals surface area contributed by atoms with E-state index in [4.69, 9.17) is 4.98 Å². The zero-order valence-corrected chi connectivity index (χ0v) is 18.1. The summed E-state index contributed by atoms with van der Waals surface area (Å²) in [4.78, 5) is 22.5. The van der Waals surface area contributed by atoms with Crippen molar-refractivity contribution in [2.24, 2.45) is 0 Å². The van der Waals surface area contributed by atoms with Gasteiger partial charge in [-0.05, 0) is 36.8 Å². The second-order valence-electron chi connectivity index (χ2n) is 7.58. The summed E-state index contributed by atoms with van der Waals surface area (Å²) in [5.74, 6) is 0.141. The van der Waals surface area contributed by atoms with Gasteiger partial charge in [0.15, 0.2) is 11.6 Å². The van der Waals surface area contributed by atoms with Crippen LogP contribution in [0.25, 0.3) is 10.2 Å². The summed E-state index contributed by atoms with van der Waals surface area (Å²) in [5.41, 5.74) is 3.33. The highest BCUT2D eigenvalue weighted by Crippen LogP contribution is 2.24. The maximum Gasteiger partial charge on any atom is 0.277 e. The van der Waals surface area contributed by atoms with Crippen LogP contribution in [0.3, 0.4) is 0 Å². The first-order chi connectivity index (χ1) is 13.3. The van der Waals surface area contributed by atoms with Gasteiger partial charge in [-0.1, -0.05) is 24.3 Å². The molecule has 3 rings (SSSR count). The molecule has 0 saturated carbocycles. The van der Waals surface area contributed by atoms with Crippen LogP contribution in [-0.2, 0) is 11.3 Å². The van der Waals surface area contributed by atoms with Gasteiger partial charge in [-0.3, -0.25) is 4.79 Å². The molecule has 0 aliphatic carbocycles. The molecule has 0 aliphatic heterocycles. The predicted octanol–water partition coefficient (Wildman–Crippen LogP) is 2.60. The van der Waals surface area contributed by atoms with Gasteiger partial charge in [0, 0.05) is 33.4 Å². The van der Waals surface area contributed by atoms with Crippen molar-refractivity contribution in [2.45, 2.75) is 19.5 Å². The summed E-state index contributed by atoms with van der Waals surface area (Å²) in [6.07, 6.45) is 0. The second-order valence-corrected chi connectivity index (χ2v) is 8.64. The van der Waals surface area contributed by atoms with Crippen molar-refractivity contribution in [3.8, 4) is 0 Å². The molecule has 6 heteroatoms. The molecule has 0 bridgehead atoms. The Morgan fingerprint density at radius 3 is 2.43 bits per heavy atom. The highest BCUT2D eigenvalue weighted by molar-refractivity contribution is 7.18. The van der Waals surface area contributed by atoms with E-state index in [9.17, 15) is 4.79 Å². The minimum absolute atomic E-state index is 0.141. The van der Waals surface area contributed by atoms with Crippen LogP contribution in [0.1, 0.15) is 23.5 Å². The summed E-state index contributed by atoms with van der Waals surface area (Å²) < 4.78 is 1.20. The summed E-state index contributed by atoms with van der Waals surface area (Å²) >= 11 is 1.71. The minimum atomic E-state index is 0.141. The van der Waals surface area contributed by atoms with Crippen molar-refractivity contribution in [3.63, 3.8) is 0 Å². The minimum Gasteiger partial charge on any atom is -0.378 e. The Kier molecular flexibility index (Phi) is 6.31. The number of likely N-dealkylation sites (N-methyl/N-ethyl adjacent to an activating group) is 2. The van der Waals surface area contributed by atoms with Crippen molar-refractivity contribution < 1.29 is 9.69 Å². The average molecular weight is 398 g/mol. The highest BCUT2D eigenvalue weighted by Gasteiger charge is 2.23. The van der Waals surface area contributed by atoms with E-state index in [2.05, 4.69) is 49.2 Å². The van der Waals surface area contributed by atoms with Gasteiger partial charge in [0.2, 0.25) is 0 Å². The smallest absolute Gasteiger partial charge is 0.277 e. The number of rotatable bonds is 7. The number of carbonyl (C=O) groups is 1. The molecule has 1 unspecified atom stereocenters. The molecule has 3 aromatic rings. The Bertz CT molecular complexity index is 902. The van der Waals surface area contributed by atoms with Gasteiger partial charge in [0.1, 0.15) is 6.04 Å². The molecule has 0 fully saturated rings. The van der Waals surface area contributed by atoms with E-state index in [0.717, 1.165) is 26.7 Å². The topological polar surface area (TPSA) is 40.9 Å². The number of nitrogens with one attached hydrogen (secondary N) is 1. The lowest BCUT2D eigenvalue weighted by atomic mass is 10.2. The SMILES string of the molecule is C[C@@H](c1nc2ccccc2s1)[NH+](C)CC(=O)N(C)Cc1ccc(N(C)C)cc1. The van der Waals surface area contributed by atoms with Gasteiger partial charge in [-0.25, -0.2) is 4.98 Å². The molecule has 1 aromatic heterocycles. The molecule has 1 N–H and O–H groups in total. The maximum absolute atomic E-state index is 12.7. The van der Waals surface area contributed by atoms with Gasteiger partial charge in [-0.2, -0.15) is 0 Å². The fourth-order valence-electron chi connectivity index (χ4n) is 3.07. The molecular formula is C22H29N4OS+. The van der Waals surface area contributed by atoms with Crippen LogP contribution in [0.5, 0.6) is 0 Å². The summed E-state index contributed by atoms with van der Waals surface area (Å²) in [5, 5.41) is 1.08. The molecule has 0 spiro atoms. The quantitative estimate of drug-likeness (QED) is 0.666. The molecule has 148 valence electrons. The van der Waals surface area contributed by atoms with Crippen LogP contribution in [-0.4, -0.2) is 50.5 Å². The Hall–Kier alpha value is -2.44. The second kappa shape index (κ2) is 8.71. The molecule has 0 aliphatic rings. The lowest BCUT2D eigenvalue weighted by Crippen LogP contribution is -3.10. The lowest BCUT2D eigenvalue weighted by Gasteiger charge is -2.23. The van der Waals surface area contributed by atoms with Crippen molar-refractivity contribution >= 4 is 33.1 Å². The largest absolute Gasteiger partial charge is 0.378 e. The van der Waals surface area contributed by atoms with Crippen LogP contribution in [0.15, 0.2) is 48.5 Å². The van der Waals surface area contributed by atoms with Crippen LogP contribution < -0.4 is 9.80 Å². The highest BCUT2D eigenvalue weighted by atomic mass is 32.1. The lowest BCUT2D eigenvalue weighted by molar-refractivity contribution is -0.902. The van der Waals surface area contributed by atoms with Gasteiger partial charge >= 0.3 is 0 Å². The van der Waals surface area contributed by atoms with Crippen LogP contribution in [0.4, 0.5) is 5.69 Å². The van der Waals surface area contributed by atoms with Crippen molar-refractivity contribution in [2.75, 3.05) is 39.6 Å². The molecule has 0 saturated heterocycles. The van der Waals surface area contributed by atoms with Gasteiger partial charge < -0.3 is 14.7 Å². The van der Waals surface area contributed by atoms with Crippen LogP contribution in [0, 0.1) is 0 Å². The number of thiazole rings is 1. The first-order valence-electron chi connectivity index (χ1n) is 9.53.